The zero-order valence-corrected chi connectivity index (χ0v) is 17.1. The molecule has 1 N–H and O–H groups in total. The van der Waals surface area contributed by atoms with Gasteiger partial charge in [-0.1, -0.05) is 12.1 Å². The standard InChI is InChI=1S/C22H22N8O/c1-16-5-4-6-17(25-16)15-24-27-20-14-22(29-9-11-31-12-10-29)30-21(26-20)13-19(28-30)18-7-2-3-8-23-18/h2-8,13-15H,9-12H2,1H3,(H,26,27). The van der Waals surface area contributed by atoms with Crippen LogP contribution in [0.25, 0.3) is 17.0 Å². The first-order chi connectivity index (χ1) is 15.3. The molecule has 5 heterocycles. The van der Waals surface area contributed by atoms with Gasteiger partial charge in [0.1, 0.15) is 11.5 Å². The first kappa shape index (κ1) is 19.1. The summed E-state index contributed by atoms with van der Waals surface area (Å²) >= 11 is 0. The van der Waals surface area contributed by atoms with Crippen molar-refractivity contribution < 1.29 is 4.74 Å². The summed E-state index contributed by atoms with van der Waals surface area (Å²) in [6.45, 7) is 4.88. The Bertz CT molecular complexity index is 1210. The van der Waals surface area contributed by atoms with Crippen LogP contribution in [0, 0.1) is 6.92 Å². The molecule has 0 saturated carbocycles. The average Bonchev–Trinajstić information content (AvgIpc) is 3.24. The summed E-state index contributed by atoms with van der Waals surface area (Å²) in [5, 5.41) is 9.10. The van der Waals surface area contributed by atoms with Gasteiger partial charge in [-0.25, -0.2) is 4.98 Å². The Morgan fingerprint density at radius 1 is 1.03 bits per heavy atom. The monoisotopic (exact) mass is 414 g/mol. The first-order valence-electron chi connectivity index (χ1n) is 10.1. The highest BCUT2D eigenvalue weighted by Crippen LogP contribution is 2.25. The van der Waals surface area contributed by atoms with Crippen LogP contribution in [0.2, 0.25) is 0 Å². The van der Waals surface area contributed by atoms with Gasteiger partial charge in [0.25, 0.3) is 0 Å². The molecule has 0 bridgehead atoms. The minimum Gasteiger partial charge on any atom is -0.378 e. The molecule has 0 aliphatic carbocycles. The number of pyridine rings is 2. The fourth-order valence-electron chi connectivity index (χ4n) is 3.47. The van der Waals surface area contributed by atoms with Crippen LogP contribution >= 0.6 is 0 Å². The molecule has 9 heteroatoms. The van der Waals surface area contributed by atoms with Gasteiger partial charge in [-0.05, 0) is 31.2 Å². The van der Waals surface area contributed by atoms with Crippen molar-refractivity contribution in [2.24, 2.45) is 5.10 Å². The molecule has 4 aromatic heterocycles. The van der Waals surface area contributed by atoms with Crippen molar-refractivity contribution in [1.29, 1.82) is 0 Å². The van der Waals surface area contributed by atoms with Crippen molar-refractivity contribution in [1.82, 2.24) is 24.6 Å². The second-order valence-electron chi connectivity index (χ2n) is 7.19. The molecule has 5 rings (SSSR count). The van der Waals surface area contributed by atoms with Crippen LogP contribution in [-0.4, -0.2) is 57.1 Å². The van der Waals surface area contributed by atoms with E-state index in [1.807, 2.05) is 60.0 Å². The maximum Gasteiger partial charge on any atom is 0.160 e. The molecule has 0 atom stereocenters. The molecule has 1 aliphatic heterocycles. The summed E-state index contributed by atoms with van der Waals surface area (Å²) in [5.74, 6) is 1.56. The highest BCUT2D eigenvalue weighted by atomic mass is 16.5. The van der Waals surface area contributed by atoms with E-state index in [2.05, 4.69) is 25.4 Å². The molecule has 0 aromatic carbocycles. The number of fused-ring (bicyclic) bond motifs is 1. The molecular formula is C22H22N8O. The zero-order valence-electron chi connectivity index (χ0n) is 17.1. The number of hydrogen-bond donors (Lipinski definition) is 1. The average molecular weight is 414 g/mol. The maximum atomic E-state index is 5.52. The Labute approximate surface area is 179 Å². The van der Waals surface area contributed by atoms with Crippen molar-refractivity contribution in [2.45, 2.75) is 6.92 Å². The Morgan fingerprint density at radius 3 is 2.74 bits per heavy atom. The molecule has 1 fully saturated rings. The third kappa shape index (κ3) is 4.22. The number of hydrazone groups is 1. The SMILES string of the molecule is Cc1cccc(C=NNc2cc(N3CCOCC3)n3nc(-c4ccccn4)cc3n2)n1. The quantitative estimate of drug-likeness (QED) is 0.396. The van der Waals surface area contributed by atoms with Crippen LogP contribution in [0.4, 0.5) is 11.6 Å². The number of hydrogen-bond acceptors (Lipinski definition) is 8. The van der Waals surface area contributed by atoms with Crippen LogP contribution in [0.3, 0.4) is 0 Å². The first-order valence-corrected chi connectivity index (χ1v) is 10.1. The van der Waals surface area contributed by atoms with Crippen molar-refractivity contribution in [3.8, 4) is 11.4 Å². The Morgan fingerprint density at radius 2 is 1.94 bits per heavy atom. The largest absolute Gasteiger partial charge is 0.378 e. The van der Waals surface area contributed by atoms with Crippen LogP contribution in [0.5, 0.6) is 0 Å². The van der Waals surface area contributed by atoms with E-state index in [1.165, 1.54) is 0 Å². The summed E-state index contributed by atoms with van der Waals surface area (Å²) in [6.07, 6.45) is 3.44. The molecule has 0 unspecified atom stereocenters. The van der Waals surface area contributed by atoms with Crippen LogP contribution < -0.4 is 10.3 Å². The number of rotatable bonds is 5. The molecule has 4 aromatic rings. The highest BCUT2D eigenvalue weighted by Gasteiger charge is 2.18. The van der Waals surface area contributed by atoms with Gasteiger partial charge in [0.2, 0.25) is 0 Å². The van der Waals surface area contributed by atoms with Gasteiger partial charge in [-0.3, -0.25) is 15.4 Å². The predicted molar refractivity (Wildman–Crippen MR) is 119 cm³/mol. The van der Waals surface area contributed by atoms with Gasteiger partial charge in [0.05, 0.1) is 30.8 Å². The lowest BCUT2D eigenvalue weighted by atomic mass is 10.3. The molecule has 1 aliphatic rings. The van der Waals surface area contributed by atoms with E-state index in [0.717, 1.165) is 47.3 Å². The summed E-state index contributed by atoms with van der Waals surface area (Å²) < 4.78 is 7.37. The van der Waals surface area contributed by atoms with E-state index >= 15 is 0 Å². The van der Waals surface area contributed by atoms with E-state index in [9.17, 15) is 0 Å². The van der Waals surface area contributed by atoms with E-state index in [4.69, 9.17) is 14.8 Å². The Balaban J connectivity index is 1.50. The van der Waals surface area contributed by atoms with E-state index in [1.54, 1.807) is 12.4 Å². The number of ether oxygens (including phenoxy) is 1. The zero-order chi connectivity index (χ0) is 21.0. The lowest BCUT2D eigenvalue weighted by molar-refractivity contribution is 0.122. The maximum absolute atomic E-state index is 5.52. The lowest BCUT2D eigenvalue weighted by Gasteiger charge is -2.29. The molecule has 156 valence electrons. The fraction of sp³-hybridized carbons (Fsp3) is 0.227. The minimum atomic E-state index is 0.630. The van der Waals surface area contributed by atoms with Crippen molar-refractivity contribution in [3.05, 3.63) is 66.1 Å². The molecule has 0 radical (unpaired) electrons. The summed E-state index contributed by atoms with van der Waals surface area (Å²) in [6, 6.07) is 15.5. The van der Waals surface area contributed by atoms with Gasteiger partial charge in [0, 0.05) is 37.1 Å². The number of nitrogens with one attached hydrogen (secondary N) is 1. The third-order valence-electron chi connectivity index (χ3n) is 4.96. The van der Waals surface area contributed by atoms with Gasteiger partial charge < -0.3 is 9.64 Å². The second kappa shape index (κ2) is 8.49. The fourth-order valence-corrected chi connectivity index (χ4v) is 3.47. The molecule has 0 spiro atoms. The van der Waals surface area contributed by atoms with Crippen molar-refractivity contribution in [3.63, 3.8) is 0 Å². The molecule has 1 saturated heterocycles. The van der Waals surface area contributed by atoms with Gasteiger partial charge >= 0.3 is 0 Å². The number of nitrogens with zero attached hydrogens (tertiary/aromatic N) is 7. The van der Waals surface area contributed by atoms with Gasteiger partial charge in [-0.2, -0.15) is 14.7 Å². The number of anilines is 2. The van der Waals surface area contributed by atoms with Crippen molar-refractivity contribution >= 4 is 23.5 Å². The second-order valence-corrected chi connectivity index (χ2v) is 7.19. The number of aryl methyl sites for hydroxylation is 1. The third-order valence-corrected chi connectivity index (χ3v) is 4.96. The molecular weight excluding hydrogens is 392 g/mol. The van der Waals surface area contributed by atoms with Gasteiger partial charge in [0.15, 0.2) is 11.5 Å². The normalized spacial score (nSPS) is 14.4. The molecule has 31 heavy (non-hydrogen) atoms. The lowest BCUT2D eigenvalue weighted by Crippen LogP contribution is -2.37. The van der Waals surface area contributed by atoms with Crippen LogP contribution in [0.1, 0.15) is 11.4 Å². The van der Waals surface area contributed by atoms with Crippen LogP contribution in [0.15, 0.2) is 59.8 Å². The predicted octanol–water partition coefficient (Wildman–Crippen LogP) is 2.78. The van der Waals surface area contributed by atoms with Gasteiger partial charge in [-0.15, -0.1) is 0 Å². The van der Waals surface area contributed by atoms with E-state index < -0.39 is 0 Å². The highest BCUT2D eigenvalue weighted by molar-refractivity contribution is 5.77. The van der Waals surface area contributed by atoms with E-state index in [0.29, 0.717) is 19.0 Å². The van der Waals surface area contributed by atoms with Crippen LogP contribution in [-0.2, 0) is 4.74 Å². The summed E-state index contributed by atoms with van der Waals surface area (Å²) in [4.78, 5) is 15.8. The van der Waals surface area contributed by atoms with E-state index in [-0.39, 0.29) is 0 Å². The summed E-state index contributed by atoms with van der Waals surface area (Å²) in [5.41, 5.74) is 7.06. The molecule has 9 nitrogen and oxygen atoms in total. The number of aromatic nitrogens is 5. The topological polar surface area (TPSA) is 92.8 Å². The van der Waals surface area contributed by atoms with Crippen molar-refractivity contribution in [2.75, 3.05) is 36.6 Å². The Hall–Kier alpha value is -3.85. The number of morpholine rings is 1. The Kier molecular flexibility index (Phi) is 5.24. The smallest absolute Gasteiger partial charge is 0.160 e. The molecule has 0 amide bonds. The minimum absolute atomic E-state index is 0.630. The summed E-state index contributed by atoms with van der Waals surface area (Å²) in [7, 11) is 0.